The van der Waals surface area contributed by atoms with Crippen molar-refractivity contribution >= 4 is 29.4 Å². The van der Waals surface area contributed by atoms with Gasteiger partial charge in [0.1, 0.15) is 6.54 Å². The Balaban J connectivity index is 2.59. The zero-order valence-corrected chi connectivity index (χ0v) is 8.43. The molecule has 0 fully saturated rings. The highest BCUT2D eigenvalue weighted by Crippen LogP contribution is 2.27. The number of benzodiazepines with no additional fused rings is 1. The Hall–Kier alpha value is -1.35. The topological polar surface area (TPSA) is 41.5 Å². The van der Waals surface area contributed by atoms with Gasteiger partial charge < -0.3 is 5.32 Å². The van der Waals surface area contributed by atoms with E-state index in [1.807, 2.05) is 19.1 Å². The molecule has 0 atom stereocenters. The van der Waals surface area contributed by atoms with Crippen LogP contribution in [0.3, 0.4) is 0 Å². The summed E-state index contributed by atoms with van der Waals surface area (Å²) in [6, 6.07) is 3.71. The zero-order chi connectivity index (χ0) is 10.1. The summed E-state index contributed by atoms with van der Waals surface area (Å²) in [6.07, 6.45) is 1.64. The van der Waals surface area contributed by atoms with Crippen molar-refractivity contribution in [2.45, 2.75) is 6.92 Å². The number of amides is 1. The monoisotopic (exact) mass is 208 g/mol. The summed E-state index contributed by atoms with van der Waals surface area (Å²) in [5, 5.41) is 3.39. The average Bonchev–Trinajstić information content (AvgIpc) is 2.34. The van der Waals surface area contributed by atoms with E-state index in [2.05, 4.69) is 10.3 Å². The molecule has 1 amide bonds. The van der Waals surface area contributed by atoms with E-state index >= 15 is 0 Å². The van der Waals surface area contributed by atoms with Gasteiger partial charge in [-0.25, -0.2) is 0 Å². The number of anilines is 1. The Bertz CT molecular complexity index is 426. The Labute approximate surface area is 86.8 Å². The average molecular weight is 209 g/mol. The van der Waals surface area contributed by atoms with E-state index < -0.39 is 0 Å². The number of carbonyl (C=O) groups excluding carboxylic acids is 1. The maximum absolute atomic E-state index is 11.2. The number of hydrogen-bond acceptors (Lipinski definition) is 2. The summed E-state index contributed by atoms with van der Waals surface area (Å²) in [5.74, 6) is -0.111. The van der Waals surface area contributed by atoms with Crippen molar-refractivity contribution in [3.63, 3.8) is 0 Å². The summed E-state index contributed by atoms with van der Waals surface area (Å²) in [6.45, 7) is 2.08. The second-order valence-corrected chi connectivity index (χ2v) is 3.55. The van der Waals surface area contributed by atoms with Crippen LogP contribution in [0.15, 0.2) is 17.1 Å². The molecule has 1 aromatic rings. The molecule has 0 saturated heterocycles. The molecule has 1 heterocycles. The Morgan fingerprint density at radius 1 is 1.50 bits per heavy atom. The van der Waals surface area contributed by atoms with Crippen LogP contribution in [0.1, 0.15) is 11.1 Å². The molecule has 1 aromatic carbocycles. The third-order valence-electron chi connectivity index (χ3n) is 2.10. The first kappa shape index (κ1) is 9.21. The number of rotatable bonds is 0. The van der Waals surface area contributed by atoms with Crippen molar-refractivity contribution in [1.29, 1.82) is 0 Å². The summed E-state index contributed by atoms with van der Waals surface area (Å²) in [7, 11) is 0. The first-order chi connectivity index (χ1) is 6.68. The molecule has 3 nitrogen and oxygen atoms in total. The summed E-state index contributed by atoms with van der Waals surface area (Å²) in [4.78, 5) is 15.1. The molecule has 0 radical (unpaired) electrons. The molecular formula is C10H9ClN2O. The fraction of sp³-hybridized carbons (Fsp3) is 0.200. The van der Waals surface area contributed by atoms with Crippen molar-refractivity contribution in [2.24, 2.45) is 4.99 Å². The molecule has 4 heteroatoms. The van der Waals surface area contributed by atoms with Gasteiger partial charge in [-0.3, -0.25) is 9.79 Å². The quantitative estimate of drug-likeness (QED) is 0.697. The molecule has 14 heavy (non-hydrogen) atoms. The van der Waals surface area contributed by atoms with E-state index in [9.17, 15) is 4.79 Å². The van der Waals surface area contributed by atoms with Gasteiger partial charge in [-0.2, -0.15) is 0 Å². The summed E-state index contributed by atoms with van der Waals surface area (Å²) >= 11 is 6.09. The van der Waals surface area contributed by atoms with E-state index in [0.717, 1.165) is 16.8 Å². The minimum atomic E-state index is -0.111. The zero-order valence-electron chi connectivity index (χ0n) is 7.67. The fourth-order valence-electron chi connectivity index (χ4n) is 1.35. The van der Waals surface area contributed by atoms with Crippen molar-refractivity contribution in [3.05, 3.63) is 28.3 Å². The maximum Gasteiger partial charge on any atom is 0.246 e. The molecule has 1 aliphatic rings. The number of nitrogens with zero attached hydrogens (tertiary/aromatic N) is 1. The number of carbonyl (C=O) groups is 1. The van der Waals surface area contributed by atoms with Crippen molar-refractivity contribution in [1.82, 2.24) is 0 Å². The van der Waals surface area contributed by atoms with Gasteiger partial charge >= 0.3 is 0 Å². The smallest absolute Gasteiger partial charge is 0.246 e. The third kappa shape index (κ3) is 1.51. The van der Waals surface area contributed by atoms with Crippen LogP contribution in [0.25, 0.3) is 0 Å². The minimum absolute atomic E-state index is 0.111. The van der Waals surface area contributed by atoms with E-state index in [1.165, 1.54) is 0 Å². The molecule has 0 bridgehead atoms. The molecule has 0 aliphatic carbocycles. The first-order valence-electron chi connectivity index (χ1n) is 4.27. The molecule has 0 unspecified atom stereocenters. The van der Waals surface area contributed by atoms with Crippen LogP contribution in [-0.2, 0) is 4.79 Å². The number of aliphatic imine (C=N–C) groups is 1. The van der Waals surface area contributed by atoms with E-state index in [-0.39, 0.29) is 12.5 Å². The molecule has 2 rings (SSSR count). The largest absolute Gasteiger partial charge is 0.324 e. The van der Waals surface area contributed by atoms with Crippen molar-refractivity contribution in [3.8, 4) is 0 Å². The lowest BCUT2D eigenvalue weighted by Crippen LogP contribution is -2.13. The Kier molecular flexibility index (Phi) is 2.25. The predicted octanol–water partition coefficient (Wildman–Crippen LogP) is 2.02. The lowest BCUT2D eigenvalue weighted by Gasteiger charge is -2.07. The van der Waals surface area contributed by atoms with Crippen LogP contribution >= 0.6 is 11.6 Å². The maximum atomic E-state index is 11.2. The van der Waals surface area contributed by atoms with Gasteiger partial charge in [0, 0.05) is 11.8 Å². The first-order valence-corrected chi connectivity index (χ1v) is 4.65. The minimum Gasteiger partial charge on any atom is -0.324 e. The number of hydrogen-bond donors (Lipinski definition) is 1. The lowest BCUT2D eigenvalue weighted by atomic mass is 10.1. The number of nitrogens with one attached hydrogen (secondary N) is 1. The standard InChI is InChI=1S/C10H9ClN2O/c1-6-2-3-8-7(10(6)11)4-12-5-9(14)13-8/h2-4H,5H2,1H3,(H,13,14). The second kappa shape index (κ2) is 3.42. The molecular weight excluding hydrogens is 200 g/mol. The van der Waals surface area contributed by atoms with E-state index in [0.29, 0.717) is 5.02 Å². The number of benzene rings is 1. The highest BCUT2D eigenvalue weighted by Gasteiger charge is 2.12. The van der Waals surface area contributed by atoms with Crippen molar-refractivity contribution < 1.29 is 4.79 Å². The van der Waals surface area contributed by atoms with Crippen LogP contribution < -0.4 is 5.32 Å². The number of halogens is 1. The Morgan fingerprint density at radius 3 is 3.07 bits per heavy atom. The van der Waals surface area contributed by atoms with Gasteiger partial charge in [-0.1, -0.05) is 17.7 Å². The fourth-order valence-corrected chi connectivity index (χ4v) is 1.56. The SMILES string of the molecule is Cc1ccc2c(c1Cl)C=NCC(=O)N2. The summed E-state index contributed by atoms with van der Waals surface area (Å²) < 4.78 is 0. The van der Waals surface area contributed by atoms with Gasteiger partial charge in [-0.15, -0.1) is 0 Å². The van der Waals surface area contributed by atoms with Crippen LogP contribution in [0.2, 0.25) is 5.02 Å². The highest BCUT2D eigenvalue weighted by molar-refractivity contribution is 6.34. The van der Waals surface area contributed by atoms with Crippen LogP contribution in [0.4, 0.5) is 5.69 Å². The van der Waals surface area contributed by atoms with Gasteiger partial charge in [0.25, 0.3) is 0 Å². The Morgan fingerprint density at radius 2 is 2.29 bits per heavy atom. The number of aryl methyl sites for hydroxylation is 1. The highest BCUT2D eigenvalue weighted by atomic mass is 35.5. The van der Waals surface area contributed by atoms with Crippen LogP contribution in [0, 0.1) is 6.92 Å². The van der Waals surface area contributed by atoms with Crippen LogP contribution in [-0.4, -0.2) is 18.7 Å². The van der Waals surface area contributed by atoms with E-state index in [1.54, 1.807) is 6.21 Å². The second-order valence-electron chi connectivity index (χ2n) is 3.18. The van der Waals surface area contributed by atoms with Gasteiger partial charge in [0.2, 0.25) is 5.91 Å². The molecule has 1 aliphatic heterocycles. The van der Waals surface area contributed by atoms with E-state index in [4.69, 9.17) is 11.6 Å². The predicted molar refractivity (Wildman–Crippen MR) is 57.3 cm³/mol. The van der Waals surface area contributed by atoms with Crippen molar-refractivity contribution in [2.75, 3.05) is 11.9 Å². The van der Waals surface area contributed by atoms with Gasteiger partial charge in [0.05, 0.1) is 10.7 Å². The lowest BCUT2D eigenvalue weighted by molar-refractivity contribution is -0.114. The molecule has 72 valence electrons. The molecule has 0 spiro atoms. The molecule has 1 N–H and O–H groups in total. The van der Waals surface area contributed by atoms with Gasteiger partial charge in [-0.05, 0) is 18.6 Å². The normalized spacial score (nSPS) is 14.6. The van der Waals surface area contributed by atoms with Crippen LogP contribution in [0.5, 0.6) is 0 Å². The van der Waals surface area contributed by atoms with Gasteiger partial charge in [0.15, 0.2) is 0 Å². The molecule has 0 aromatic heterocycles. The molecule has 0 saturated carbocycles. The number of fused-ring (bicyclic) bond motifs is 1. The third-order valence-corrected chi connectivity index (χ3v) is 2.60. The summed E-state index contributed by atoms with van der Waals surface area (Å²) in [5.41, 5.74) is 2.50.